The van der Waals surface area contributed by atoms with Crippen molar-refractivity contribution >= 4 is 29.1 Å². The fourth-order valence-corrected chi connectivity index (χ4v) is 4.22. The van der Waals surface area contributed by atoms with Crippen LogP contribution in [0.5, 0.6) is 5.75 Å². The number of hydrogen-bond acceptors (Lipinski definition) is 6. The lowest BCUT2D eigenvalue weighted by Gasteiger charge is -2.26. The molecule has 4 rings (SSSR count). The maximum Gasteiger partial charge on any atom is 0.269 e. The van der Waals surface area contributed by atoms with E-state index in [-0.39, 0.29) is 17.3 Å². The quantitative estimate of drug-likeness (QED) is 0.432. The van der Waals surface area contributed by atoms with Gasteiger partial charge in [-0.05, 0) is 67.8 Å². The van der Waals surface area contributed by atoms with Gasteiger partial charge in [-0.2, -0.15) is 5.10 Å². The number of carbonyl (C=O) groups excluding carboxylic acids is 3. The Kier molecular flexibility index (Phi) is 7.00. The zero-order valence-electron chi connectivity index (χ0n) is 19.5. The third kappa shape index (κ3) is 5.11. The number of carbonyl (C=O) groups is 3. The molecule has 10 heteroatoms. The maximum absolute atomic E-state index is 12.4. The summed E-state index contributed by atoms with van der Waals surface area (Å²) in [7, 11) is 1.55. The fourth-order valence-electron chi connectivity index (χ4n) is 4.22. The highest BCUT2D eigenvalue weighted by molar-refractivity contribution is 5.99. The van der Waals surface area contributed by atoms with Crippen molar-refractivity contribution in [3.63, 3.8) is 0 Å². The highest BCUT2D eigenvalue weighted by Crippen LogP contribution is 2.24. The Balaban J connectivity index is 1.52. The number of primary amides is 2. The molecular weight excluding hydrogens is 448 g/mol. The number of anilines is 2. The van der Waals surface area contributed by atoms with Crippen LogP contribution in [0.15, 0.2) is 48.5 Å². The van der Waals surface area contributed by atoms with Crippen molar-refractivity contribution in [2.24, 2.45) is 11.5 Å². The molecular formula is C25H28N6O4. The van der Waals surface area contributed by atoms with Crippen molar-refractivity contribution in [2.75, 3.05) is 30.4 Å². The van der Waals surface area contributed by atoms with Crippen LogP contribution < -0.4 is 26.4 Å². The van der Waals surface area contributed by atoms with E-state index in [2.05, 4.69) is 10.4 Å². The number of hydrogen-bond donors (Lipinski definition) is 3. The van der Waals surface area contributed by atoms with E-state index in [9.17, 15) is 14.4 Å². The molecule has 0 saturated carbocycles. The molecule has 1 aromatic heterocycles. The van der Waals surface area contributed by atoms with E-state index >= 15 is 0 Å². The third-order valence-electron chi connectivity index (χ3n) is 5.97. The monoisotopic (exact) mass is 476 g/mol. The van der Waals surface area contributed by atoms with Crippen molar-refractivity contribution in [3.05, 3.63) is 65.5 Å². The van der Waals surface area contributed by atoms with Gasteiger partial charge in [-0.1, -0.05) is 0 Å². The van der Waals surface area contributed by atoms with Crippen LogP contribution >= 0.6 is 0 Å². The fraction of sp³-hybridized carbons (Fsp3) is 0.280. The molecule has 2 aromatic carbocycles. The van der Waals surface area contributed by atoms with Crippen LogP contribution in [0.3, 0.4) is 0 Å². The summed E-state index contributed by atoms with van der Waals surface area (Å²) in [5.74, 6) is -0.683. The van der Waals surface area contributed by atoms with Gasteiger partial charge < -0.3 is 26.4 Å². The first kappa shape index (κ1) is 23.8. The van der Waals surface area contributed by atoms with Gasteiger partial charge in [0.15, 0.2) is 5.69 Å². The lowest BCUT2D eigenvalue weighted by Crippen LogP contribution is -2.35. The average Bonchev–Trinajstić information content (AvgIpc) is 3.25. The molecule has 1 aliphatic heterocycles. The number of piperidine rings is 1. The van der Waals surface area contributed by atoms with Crippen molar-refractivity contribution in [3.8, 4) is 11.4 Å². The van der Waals surface area contributed by atoms with E-state index in [4.69, 9.17) is 16.2 Å². The van der Waals surface area contributed by atoms with Crippen molar-refractivity contribution in [2.45, 2.75) is 25.7 Å². The van der Waals surface area contributed by atoms with Crippen LogP contribution in [0.25, 0.3) is 5.69 Å². The summed E-state index contributed by atoms with van der Waals surface area (Å²) in [5, 5.41) is 7.56. The minimum Gasteiger partial charge on any atom is -0.497 e. The first-order valence-corrected chi connectivity index (χ1v) is 11.4. The largest absolute Gasteiger partial charge is 0.497 e. The van der Waals surface area contributed by atoms with Crippen molar-refractivity contribution in [1.82, 2.24) is 9.78 Å². The SMILES string of the molecule is COc1ccc(-n2nc(C(N)=O)c(CCNc3ccc(N4CCCCC4=O)cc3)c2C(N)=O)cc1. The highest BCUT2D eigenvalue weighted by Gasteiger charge is 2.25. The van der Waals surface area contributed by atoms with Gasteiger partial charge in [0, 0.05) is 36.4 Å². The van der Waals surface area contributed by atoms with Gasteiger partial charge in [-0.3, -0.25) is 14.4 Å². The van der Waals surface area contributed by atoms with E-state index in [1.165, 1.54) is 4.68 Å². The van der Waals surface area contributed by atoms with Gasteiger partial charge in [-0.15, -0.1) is 0 Å². The van der Waals surface area contributed by atoms with Gasteiger partial charge in [0.25, 0.3) is 11.8 Å². The van der Waals surface area contributed by atoms with Crippen LogP contribution in [0, 0.1) is 0 Å². The van der Waals surface area contributed by atoms with Gasteiger partial charge in [0.2, 0.25) is 5.91 Å². The minimum atomic E-state index is -0.745. The molecule has 1 aliphatic rings. The summed E-state index contributed by atoms with van der Waals surface area (Å²) in [5.41, 5.74) is 14.0. The molecule has 182 valence electrons. The van der Waals surface area contributed by atoms with Gasteiger partial charge in [0.1, 0.15) is 11.4 Å². The molecule has 1 saturated heterocycles. The molecule has 0 unspecified atom stereocenters. The lowest BCUT2D eigenvalue weighted by molar-refractivity contribution is -0.119. The van der Waals surface area contributed by atoms with Gasteiger partial charge in [0.05, 0.1) is 12.8 Å². The number of benzene rings is 2. The topological polar surface area (TPSA) is 146 Å². The van der Waals surface area contributed by atoms with E-state index < -0.39 is 11.8 Å². The maximum atomic E-state index is 12.4. The van der Waals surface area contributed by atoms with Crippen LogP contribution in [0.1, 0.15) is 45.8 Å². The van der Waals surface area contributed by atoms with Crippen LogP contribution in [0.4, 0.5) is 11.4 Å². The van der Waals surface area contributed by atoms with Crippen LogP contribution in [-0.2, 0) is 11.2 Å². The molecule has 0 aliphatic carbocycles. The molecule has 10 nitrogen and oxygen atoms in total. The van der Waals surface area contributed by atoms with Gasteiger partial charge >= 0.3 is 0 Å². The summed E-state index contributed by atoms with van der Waals surface area (Å²) in [4.78, 5) is 38.4. The molecule has 5 N–H and O–H groups in total. The smallest absolute Gasteiger partial charge is 0.269 e. The number of aromatic nitrogens is 2. The first-order chi connectivity index (χ1) is 16.9. The predicted octanol–water partition coefficient (Wildman–Crippen LogP) is 2.25. The Morgan fingerprint density at radius 2 is 1.69 bits per heavy atom. The number of nitrogens with zero attached hydrogens (tertiary/aromatic N) is 3. The summed E-state index contributed by atoms with van der Waals surface area (Å²) in [6.45, 7) is 1.13. The number of methoxy groups -OCH3 is 1. The lowest BCUT2D eigenvalue weighted by atomic mass is 10.1. The molecule has 0 atom stereocenters. The number of rotatable bonds is 9. The Labute approximate surface area is 202 Å². The average molecular weight is 477 g/mol. The Morgan fingerprint density at radius 3 is 2.29 bits per heavy atom. The molecule has 35 heavy (non-hydrogen) atoms. The Morgan fingerprint density at radius 1 is 1.00 bits per heavy atom. The zero-order chi connectivity index (χ0) is 24.9. The molecule has 3 amide bonds. The molecule has 0 spiro atoms. The molecule has 1 fully saturated rings. The van der Waals surface area contributed by atoms with E-state index in [1.54, 1.807) is 36.3 Å². The minimum absolute atomic E-state index is 0.00428. The Hall–Kier alpha value is -4.34. The molecule has 0 bridgehead atoms. The summed E-state index contributed by atoms with van der Waals surface area (Å²) >= 11 is 0. The summed E-state index contributed by atoms with van der Waals surface area (Å²) < 4.78 is 6.50. The Bertz CT molecular complexity index is 1230. The molecule has 2 heterocycles. The normalized spacial score (nSPS) is 13.5. The van der Waals surface area contributed by atoms with E-state index in [0.717, 1.165) is 30.8 Å². The highest BCUT2D eigenvalue weighted by atomic mass is 16.5. The molecule has 0 radical (unpaired) electrons. The second kappa shape index (κ2) is 10.3. The van der Waals surface area contributed by atoms with Crippen molar-refractivity contribution < 1.29 is 19.1 Å². The predicted molar refractivity (Wildman–Crippen MR) is 132 cm³/mol. The third-order valence-corrected chi connectivity index (χ3v) is 5.97. The first-order valence-electron chi connectivity index (χ1n) is 11.4. The van der Waals surface area contributed by atoms with E-state index in [1.807, 2.05) is 24.3 Å². The number of amides is 3. The number of nitrogens with two attached hydrogens (primary N) is 2. The van der Waals surface area contributed by atoms with Crippen LogP contribution in [0.2, 0.25) is 0 Å². The second-order valence-electron chi connectivity index (χ2n) is 8.24. The van der Waals surface area contributed by atoms with Crippen LogP contribution in [-0.4, -0.2) is 47.7 Å². The summed E-state index contributed by atoms with van der Waals surface area (Å²) in [6.07, 6.45) is 2.80. The number of ether oxygens (including phenoxy) is 1. The zero-order valence-corrected chi connectivity index (χ0v) is 19.5. The molecule has 3 aromatic rings. The van der Waals surface area contributed by atoms with E-state index in [0.29, 0.717) is 36.4 Å². The van der Waals surface area contributed by atoms with Gasteiger partial charge in [-0.25, -0.2) is 4.68 Å². The second-order valence-corrected chi connectivity index (χ2v) is 8.24. The van der Waals surface area contributed by atoms with Crippen molar-refractivity contribution in [1.29, 1.82) is 0 Å². The standard InChI is InChI=1S/C25H28N6O4/c1-35-19-11-9-18(10-12-19)31-23(25(27)34)20(22(29-31)24(26)33)13-14-28-16-5-7-17(8-6-16)30-15-3-2-4-21(30)32/h5-12,28H,2-4,13-15H2,1H3,(H2,26,33)(H2,27,34). The summed E-state index contributed by atoms with van der Waals surface area (Å²) in [6, 6.07) is 14.4. The number of nitrogens with one attached hydrogen (secondary N) is 1.